The molecule has 0 radical (unpaired) electrons. The van der Waals surface area contributed by atoms with Crippen LogP contribution in [-0.2, 0) is 9.59 Å². The van der Waals surface area contributed by atoms with Crippen LogP contribution in [-0.4, -0.2) is 22.2 Å². The van der Waals surface area contributed by atoms with Gasteiger partial charge in [0.2, 0.25) is 0 Å². The Hall–Kier alpha value is -1.50. The predicted molar refractivity (Wildman–Crippen MR) is 59.9 cm³/mol. The van der Waals surface area contributed by atoms with E-state index in [1.807, 2.05) is 0 Å². The smallest absolute Gasteiger partial charge is 0.321 e. The second-order valence-corrected chi connectivity index (χ2v) is 4.09. The van der Waals surface area contributed by atoms with Gasteiger partial charge in [0.05, 0.1) is 0 Å². The summed E-state index contributed by atoms with van der Waals surface area (Å²) >= 11 is 0. The first-order chi connectivity index (χ1) is 7.42. The van der Waals surface area contributed by atoms with Crippen LogP contribution in [0.1, 0.15) is 45.4 Å². The minimum Gasteiger partial charge on any atom is -0.481 e. The lowest BCUT2D eigenvalue weighted by molar-refractivity contribution is -0.145. The highest BCUT2D eigenvalue weighted by atomic mass is 16.4. The van der Waals surface area contributed by atoms with Gasteiger partial charge in [-0.25, -0.2) is 0 Å². The zero-order chi connectivity index (χ0) is 12.6. The maximum Gasteiger partial charge on any atom is 0.321 e. The largest absolute Gasteiger partial charge is 0.481 e. The summed E-state index contributed by atoms with van der Waals surface area (Å²) in [5.41, 5.74) is -1.09. The first-order valence-corrected chi connectivity index (χ1v) is 5.35. The number of hydrogen-bond acceptors (Lipinski definition) is 2. The van der Waals surface area contributed by atoms with Gasteiger partial charge in [-0.2, -0.15) is 0 Å². The fourth-order valence-electron chi connectivity index (χ4n) is 1.35. The third-order valence-corrected chi connectivity index (χ3v) is 2.61. The number of aliphatic carboxylic acids is 2. The normalized spacial score (nSPS) is 13.8. The lowest BCUT2D eigenvalue weighted by Crippen LogP contribution is -2.25. The monoisotopic (exact) mass is 226 g/mol. The van der Waals surface area contributed by atoms with E-state index in [0.29, 0.717) is 19.3 Å². The van der Waals surface area contributed by atoms with Crippen LogP contribution in [0.2, 0.25) is 0 Å². The number of unbranched alkanes of at least 4 members (excludes halogenated alkanes) is 3. The molecule has 0 saturated heterocycles. The summed E-state index contributed by atoms with van der Waals surface area (Å²) in [5, 5.41) is 17.3. The fourth-order valence-corrected chi connectivity index (χ4v) is 1.35. The number of carbonyl (C=O) groups is 2. The molecule has 0 spiro atoms. The third kappa shape index (κ3) is 5.40. The average Bonchev–Trinajstić information content (AvgIpc) is 2.22. The van der Waals surface area contributed by atoms with E-state index in [0.717, 1.165) is 12.8 Å². The molecule has 0 rings (SSSR count). The fraction of sp³-hybridized carbons (Fsp3) is 0.667. The van der Waals surface area contributed by atoms with Crippen molar-refractivity contribution < 1.29 is 19.8 Å². The van der Waals surface area contributed by atoms with Crippen molar-refractivity contribution in [1.29, 1.82) is 0 Å². The molecular formula is C12H18O4. The van der Waals surface area contributed by atoms with Gasteiger partial charge in [0, 0.05) is 6.42 Å². The summed E-state index contributed by atoms with van der Waals surface area (Å²) in [6, 6.07) is 0. The Morgan fingerprint density at radius 3 is 2.19 bits per heavy atom. The van der Waals surface area contributed by atoms with E-state index in [9.17, 15) is 9.59 Å². The zero-order valence-corrected chi connectivity index (χ0v) is 9.53. The first-order valence-electron chi connectivity index (χ1n) is 5.35. The van der Waals surface area contributed by atoms with Crippen LogP contribution in [0.4, 0.5) is 0 Å². The topological polar surface area (TPSA) is 74.6 Å². The molecule has 4 nitrogen and oxygen atoms in total. The molecule has 0 heterocycles. The summed E-state index contributed by atoms with van der Waals surface area (Å²) < 4.78 is 0. The van der Waals surface area contributed by atoms with E-state index in [-0.39, 0.29) is 6.42 Å². The molecule has 90 valence electrons. The van der Waals surface area contributed by atoms with Gasteiger partial charge in [-0.1, -0.05) is 25.2 Å². The van der Waals surface area contributed by atoms with E-state index in [2.05, 4.69) is 5.92 Å². The Balaban J connectivity index is 3.70. The molecule has 0 aromatic rings. The lowest BCUT2D eigenvalue weighted by atomic mass is 9.85. The maximum absolute atomic E-state index is 10.8. The van der Waals surface area contributed by atoms with Crippen molar-refractivity contribution in [2.75, 3.05) is 0 Å². The summed E-state index contributed by atoms with van der Waals surface area (Å²) in [4.78, 5) is 21.1. The van der Waals surface area contributed by atoms with Crippen LogP contribution in [0.15, 0.2) is 0 Å². The lowest BCUT2D eigenvalue weighted by Gasteiger charge is -2.17. The van der Waals surface area contributed by atoms with Crippen molar-refractivity contribution in [3.63, 3.8) is 0 Å². The van der Waals surface area contributed by atoms with Crippen molar-refractivity contribution >= 4 is 11.9 Å². The molecule has 0 aliphatic heterocycles. The molecule has 0 saturated carbocycles. The van der Waals surface area contributed by atoms with Gasteiger partial charge in [0.15, 0.2) is 0 Å². The van der Waals surface area contributed by atoms with E-state index in [1.165, 1.54) is 6.92 Å². The summed E-state index contributed by atoms with van der Waals surface area (Å²) in [5.74, 6) is 0.529. The van der Waals surface area contributed by atoms with Crippen LogP contribution in [0.3, 0.4) is 0 Å². The van der Waals surface area contributed by atoms with Gasteiger partial charge in [-0.15, -0.1) is 6.42 Å². The average molecular weight is 226 g/mol. The van der Waals surface area contributed by atoms with Gasteiger partial charge in [-0.3, -0.25) is 9.59 Å². The standard InChI is InChI=1S/C12H18O4/c1-3-12(2,11(15)16)9-7-5-4-6-8-10(13)14/h1H,4-9H2,2H3,(H,13,14)(H,15,16). The molecular weight excluding hydrogens is 208 g/mol. The van der Waals surface area contributed by atoms with Gasteiger partial charge in [0.1, 0.15) is 5.41 Å². The summed E-state index contributed by atoms with van der Waals surface area (Å²) in [6.07, 6.45) is 8.75. The Morgan fingerprint density at radius 2 is 1.75 bits per heavy atom. The van der Waals surface area contributed by atoms with Crippen molar-refractivity contribution in [2.24, 2.45) is 5.41 Å². The molecule has 0 bridgehead atoms. The molecule has 16 heavy (non-hydrogen) atoms. The minimum atomic E-state index is -1.09. The molecule has 0 aromatic carbocycles. The predicted octanol–water partition coefficient (Wildman–Crippen LogP) is 2.14. The number of terminal acetylenes is 1. The summed E-state index contributed by atoms with van der Waals surface area (Å²) in [6.45, 7) is 1.53. The highest BCUT2D eigenvalue weighted by molar-refractivity contribution is 5.77. The van der Waals surface area contributed by atoms with Crippen LogP contribution in [0.25, 0.3) is 0 Å². The summed E-state index contributed by atoms with van der Waals surface area (Å²) in [7, 11) is 0. The highest BCUT2D eigenvalue weighted by Crippen LogP contribution is 2.24. The molecule has 0 aromatic heterocycles. The Bertz CT molecular complexity index is 290. The highest BCUT2D eigenvalue weighted by Gasteiger charge is 2.29. The molecule has 2 N–H and O–H groups in total. The van der Waals surface area contributed by atoms with Crippen molar-refractivity contribution in [1.82, 2.24) is 0 Å². The molecule has 1 atom stereocenters. The van der Waals surface area contributed by atoms with E-state index in [4.69, 9.17) is 16.6 Å². The Labute approximate surface area is 95.7 Å². The van der Waals surface area contributed by atoms with Crippen LogP contribution < -0.4 is 0 Å². The minimum absolute atomic E-state index is 0.172. The SMILES string of the molecule is C#CC(C)(CCCCCCC(=O)O)C(=O)O. The Morgan fingerprint density at radius 1 is 1.19 bits per heavy atom. The van der Waals surface area contributed by atoms with Gasteiger partial charge < -0.3 is 10.2 Å². The zero-order valence-electron chi connectivity index (χ0n) is 9.53. The van der Waals surface area contributed by atoms with Gasteiger partial charge >= 0.3 is 11.9 Å². The second kappa shape index (κ2) is 6.89. The van der Waals surface area contributed by atoms with Crippen molar-refractivity contribution in [3.8, 4) is 12.3 Å². The third-order valence-electron chi connectivity index (χ3n) is 2.61. The van der Waals surface area contributed by atoms with E-state index >= 15 is 0 Å². The number of rotatable bonds is 8. The van der Waals surface area contributed by atoms with E-state index in [1.54, 1.807) is 0 Å². The van der Waals surface area contributed by atoms with Crippen LogP contribution >= 0.6 is 0 Å². The molecule has 0 fully saturated rings. The van der Waals surface area contributed by atoms with Crippen molar-refractivity contribution in [3.05, 3.63) is 0 Å². The molecule has 4 heteroatoms. The quantitative estimate of drug-likeness (QED) is 0.491. The van der Waals surface area contributed by atoms with E-state index < -0.39 is 17.4 Å². The number of carboxylic acid groups (broad SMARTS) is 2. The van der Waals surface area contributed by atoms with Crippen LogP contribution in [0, 0.1) is 17.8 Å². The van der Waals surface area contributed by atoms with Gasteiger partial charge in [0.25, 0.3) is 0 Å². The number of carboxylic acids is 2. The van der Waals surface area contributed by atoms with Crippen LogP contribution in [0.5, 0.6) is 0 Å². The van der Waals surface area contributed by atoms with Gasteiger partial charge in [-0.05, 0) is 19.8 Å². The van der Waals surface area contributed by atoms with Crippen molar-refractivity contribution in [2.45, 2.75) is 45.4 Å². The molecule has 1 unspecified atom stereocenters. The Kier molecular flexibility index (Phi) is 6.24. The first kappa shape index (κ1) is 14.5. The molecule has 0 aliphatic rings. The maximum atomic E-state index is 10.8. The second-order valence-electron chi connectivity index (χ2n) is 4.09. The number of hydrogen-bond donors (Lipinski definition) is 2. The molecule has 0 aliphatic carbocycles. The molecule has 0 amide bonds.